The lowest BCUT2D eigenvalue weighted by Crippen LogP contribution is -2.34. The molecule has 0 unspecified atom stereocenters. The van der Waals surface area contributed by atoms with Crippen molar-refractivity contribution in [2.75, 3.05) is 12.1 Å². The van der Waals surface area contributed by atoms with E-state index in [9.17, 15) is 22.8 Å². The van der Waals surface area contributed by atoms with Crippen LogP contribution in [-0.2, 0) is 22.3 Å². The molecular formula is C22H24ClF3N4O2. The highest BCUT2D eigenvalue weighted by atomic mass is 35.5. The highest BCUT2D eigenvalue weighted by Gasteiger charge is 2.30. The minimum Gasteiger partial charge on any atom is -0.371 e. The monoisotopic (exact) mass is 468 g/mol. The van der Waals surface area contributed by atoms with E-state index in [-0.39, 0.29) is 24.0 Å². The van der Waals surface area contributed by atoms with Crippen molar-refractivity contribution in [1.29, 1.82) is 0 Å². The minimum atomic E-state index is -4.49. The lowest BCUT2D eigenvalue weighted by molar-refractivity contribution is -0.137. The van der Waals surface area contributed by atoms with Gasteiger partial charge in [0.2, 0.25) is 12.3 Å². The standard InChI is InChI=1S/C22H24ClF3N4O2/c1-21(2,3)20(32)28-12-14-5-10-18(23)17(11-14)19(27-4)29-30(13-31)16-8-6-15(7-9-16)22(24,25)26/h5-11,13H,12H2,1-4H3,(H,27,29)(H,28,32). The number of nitrogens with zero attached hydrogens (tertiary/aromatic N) is 2. The van der Waals surface area contributed by atoms with Crippen LogP contribution in [0.3, 0.4) is 0 Å². The molecule has 0 fully saturated rings. The van der Waals surface area contributed by atoms with Crippen LogP contribution in [0.5, 0.6) is 0 Å². The molecule has 172 valence electrons. The van der Waals surface area contributed by atoms with Gasteiger partial charge in [0, 0.05) is 24.6 Å². The SMILES string of the molecule is CN/C(=N\N(C=O)c1ccc(C(F)(F)F)cc1)c1cc(CNC(=O)C(C)(C)C)ccc1Cl. The van der Waals surface area contributed by atoms with Crippen LogP contribution in [0.1, 0.15) is 37.5 Å². The molecule has 2 rings (SSSR count). The number of hydrogen-bond donors (Lipinski definition) is 2. The zero-order valence-corrected chi connectivity index (χ0v) is 18.8. The number of rotatable bonds is 6. The van der Waals surface area contributed by atoms with Crippen molar-refractivity contribution in [1.82, 2.24) is 10.6 Å². The molecule has 0 aliphatic heterocycles. The highest BCUT2D eigenvalue weighted by Crippen LogP contribution is 2.30. The number of benzene rings is 2. The number of anilines is 1. The fraction of sp³-hybridized carbons (Fsp3) is 0.318. The fourth-order valence-electron chi connectivity index (χ4n) is 2.60. The van der Waals surface area contributed by atoms with E-state index in [1.54, 1.807) is 46.0 Å². The molecule has 32 heavy (non-hydrogen) atoms. The second kappa shape index (κ2) is 10.0. The van der Waals surface area contributed by atoms with Gasteiger partial charge in [-0.2, -0.15) is 13.2 Å². The number of amidine groups is 1. The Morgan fingerprint density at radius 2 is 1.75 bits per heavy atom. The van der Waals surface area contributed by atoms with Crippen LogP contribution in [0.25, 0.3) is 0 Å². The molecule has 0 radical (unpaired) electrons. The lowest BCUT2D eigenvalue weighted by Gasteiger charge is -2.18. The summed E-state index contributed by atoms with van der Waals surface area (Å²) in [6.45, 7) is 5.66. The second-order valence-electron chi connectivity index (χ2n) is 7.94. The quantitative estimate of drug-likeness (QED) is 0.282. The molecule has 0 saturated heterocycles. The summed E-state index contributed by atoms with van der Waals surface area (Å²) in [4.78, 5) is 23.7. The van der Waals surface area contributed by atoms with Crippen molar-refractivity contribution in [3.05, 3.63) is 64.2 Å². The Hall–Kier alpha value is -3.07. The molecule has 0 aromatic heterocycles. The summed E-state index contributed by atoms with van der Waals surface area (Å²) in [5.74, 6) is 0.0944. The molecule has 2 aromatic rings. The predicted molar refractivity (Wildman–Crippen MR) is 118 cm³/mol. The zero-order valence-electron chi connectivity index (χ0n) is 18.0. The van der Waals surface area contributed by atoms with Gasteiger partial charge < -0.3 is 10.6 Å². The van der Waals surface area contributed by atoms with Gasteiger partial charge in [0.25, 0.3) is 0 Å². The lowest BCUT2D eigenvalue weighted by atomic mass is 9.95. The van der Waals surface area contributed by atoms with Gasteiger partial charge in [-0.15, -0.1) is 5.10 Å². The Bertz CT molecular complexity index is 1000. The van der Waals surface area contributed by atoms with Crippen molar-refractivity contribution in [2.45, 2.75) is 33.5 Å². The Kier molecular flexibility index (Phi) is 7.90. The summed E-state index contributed by atoms with van der Waals surface area (Å²) in [6, 6.07) is 9.11. The summed E-state index contributed by atoms with van der Waals surface area (Å²) in [6.07, 6.45) is -4.11. The number of alkyl halides is 3. The second-order valence-corrected chi connectivity index (χ2v) is 8.35. The average Bonchev–Trinajstić information content (AvgIpc) is 2.73. The van der Waals surface area contributed by atoms with Crippen LogP contribution in [-0.4, -0.2) is 25.2 Å². The van der Waals surface area contributed by atoms with E-state index in [1.165, 1.54) is 0 Å². The van der Waals surface area contributed by atoms with Crippen molar-refractivity contribution < 1.29 is 22.8 Å². The maximum absolute atomic E-state index is 12.8. The van der Waals surface area contributed by atoms with Crippen LogP contribution in [0.4, 0.5) is 18.9 Å². The summed E-state index contributed by atoms with van der Waals surface area (Å²) in [7, 11) is 1.57. The zero-order chi connectivity index (χ0) is 24.1. The van der Waals surface area contributed by atoms with Gasteiger partial charge in [0.1, 0.15) is 0 Å². The van der Waals surface area contributed by atoms with Gasteiger partial charge in [-0.25, -0.2) is 5.01 Å². The van der Waals surface area contributed by atoms with Crippen LogP contribution in [0, 0.1) is 5.41 Å². The normalized spacial score (nSPS) is 12.3. The van der Waals surface area contributed by atoms with Crippen LogP contribution < -0.4 is 15.6 Å². The topological polar surface area (TPSA) is 73.8 Å². The maximum Gasteiger partial charge on any atom is 0.416 e. The first-order valence-electron chi connectivity index (χ1n) is 9.62. The summed E-state index contributed by atoms with van der Waals surface area (Å²) < 4.78 is 38.4. The summed E-state index contributed by atoms with van der Waals surface area (Å²) in [5.41, 5.74) is -0.0325. The number of carbonyl (C=O) groups excluding carboxylic acids is 2. The van der Waals surface area contributed by atoms with Gasteiger partial charge in [-0.3, -0.25) is 9.59 Å². The van der Waals surface area contributed by atoms with Gasteiger partial charge in [0.15, 0.2) is 5.84 Å². The molecule has 0 aliphatic carbocycles. The highest BCUT2D eigenvalue weighted by molar-refractivity contribution is 6.34. The van der Waals surface area contributed by atoms with E-state index >= 15 is 0 Å². The number of nitrogens with one attached hydrogen (secondary N) is 2. The Morgan fingerprint density at radius 1 is 1.12 bits per heavy atom. The number of carbonyl (C=O) groups is 2. The number of amides is 2. The first kappa shape index (κ1) is 25.2. The van der Waals surface area contributed by atoms with Crippen LogP contribution in [0.15, 0.2) is 47.6 Å². The molecule has 0 atom stereocenters. The van der Waals surface area contributed by atoms with E-state index in [0.29, 0.717) is 17.0 Å². The summed E-state index contributed by atoms with van der Waals surface area (Å²) >= 11 is 6.31. The molecule has 2 aromatic carbocycles. The molecule has 0 aliphatic rings. The molecule has 0 spiro atoms. The molecule has 0 heterocycles. The minimum absolute atomic E-state index is 0.119. The molecule has 2 amide bonds. The van der Waals surface area contributed by atoms with E-state index < -0.39 is 17.2 Å². The third-order valence-electron chi connectivity index (χ3n) is 4.42. The predicted octanol–water partition coefficient (Wildman–Crippen LogP) is 4.57. The molecule has 2 N–H and O–H groups in total. The average molecular weight is 469 g/mol. The Morgan fingerprint density at radius 3 is 2.25 bits per heavy atom. The number of hydrogen-bond acceptors (Lipinski definition) is 3. The summed E-state index contributed by atoms with van der Waals surface area (Å²) in [5, 5.41) is 11.1. The number of hydrazone groups is 1. The molecule has 10 heteroatoms. The maximum atomic E-state index is 12.8. The van der Waals surface area contributed by atoms with Crippen LogP contribution >= 0.6 is 11.6 Å². The van der Waals surface area contributed by atoms with Crippen molar-refractivity contribution in [3.63, 3.8) is 0 Å². The van der Waals surface area contributed by atoms with Crippen LogP contribution in [0.2, 0.25) is 5.02 Å². The van der Waals surface area contributed by atoms with E-state index in [1.807, 2.05) is 0 Å². The smallest absolute Gasteiger partial charge is 0.371 e. The largest absolute Gasteiger partial charge is 0.416 e. The first-order chi connectivity index (χ1) is 14.9. The van der Waals surface area contributed by atoms with Crippen molar-refractivity contribution >= 4 is 35.4 Å². The third kappa shape index (κ3) is 6.46. The molecule has 0 bridgehead atoms. The third-order valence-corrected chi connectivity index (χ3v) is 4.75. The Balaban J connectivity index is 2.32. The molecular weight excluding hydrogens is 445 g/mol. The van der Waals surface area contributed by atoms with E-state index in [0.717, 1.165) is 34.8 Å². The van der Waals surface area contributed by atoms with E-state index in [2.05, 4.69) is 15.7 Å². The van der Waals surface area contributed by atoms with E-state index in [4.69, 9.17) is 11.6 Å². The Labute approximate surface area is 189 Å². The van der Waals surface area contributed by atoms with Crippen molar-refractivity contribution in [3.8, 4) is 0 Å². The van der Waals surface area contributed by atoms with Gasteiger partial charge in [0.05, 0.1) is 16.3 Å². The van der Waals surface area contributed by atoms with Gasteiger partial charge in [-0.1, -0.05) is 38.4 Å². The van der Waals surface area contributed by atoms with Crippen molar-refractivity contribution in [2.24, 2.45) is 10.5 Å². The first-order valence-corrected chi connectivity index (χ1v) is 10.00. The molecule has 6 nitrogen and oxygen atoms in total. The molecule has 0 saturated carbocycles. The number of halogens is 4. The fourth-order valence-corrected chi connectivity index (χ4v) is 2.81. The van der Waals surface area contributed by atoms with Gasteiger partial charge in [-0.05, 0) is 42.0 Å². The van der Waals surface area contributed by atoms with Gasteiger partial charge >= 0.3 is 6.18 Å².